The Morgan fingerprint density at radius 3 is 1.69 bits per heavy atom. The molecule has 3 aliphatic carbocycles. The Morgan fingerprint density at radius 2 is 1.18 bits per heavy atom. The third kappa shape index (κ3) is 36.2. The van der Waals surface area contributed by atoms with Crippen molar-refractivity contribution in [3.05, 3.63) is 116 Å². The number of carbonyl (C=O) groups is 4. The van der Waals surface area contributed by atoms with Gasteiger partial charge in [0, 0.05) is 56.4 Å². The van der Waals surface area contributed by atoms with Gasteiger partial charge >= 0.3 is 11.9 Å². The molecular formula is C74H109N3O13S. The minimum absolute atomic E-state index is 0.118. The zero-order chi connectivity index (χ0) is 65.8. The number of para-hydroxylation sites is 1. The monoisotopic (exact) mass is 1280 g/mol. The predicted molar refractivity (Wildman–Crippen MR) is 369 cm³/mol. The second-order valence-electron chi connectivity index (χ2n) is 22.6. The molecule has 3 aliphatic rings. The summed E-state index contributed by atoms with van der Waals surface area (Å²) in [5.74, 6) is 5.59. The van der Waals surface area contributed by atoms with E-state index in [0.29, 0.717) is 62.8 Å². The molecule has 0 unspecified atom stereocenters. The maximum absolute atomic E-state index is 13.1. The Balaban J connectivity index is 0.000000515. The number of thioether (sulfide) groups is 1. The van der Waals surface area contributed by atoms with Crippen molar-refractivity contribution in [1.29, 1.82) is 0 Å². The number of aliphatic imine (C=N–C) groups is 1. The quantitative estimate of drug-likeness (QED) is 0.00513. The van der Waals surface area contributed by atoms with Gasteiger partial charge in [0.05, 0.1) is 63.3 Å². The molecule has 1 N–H and O–H groups in total. The standard InChI is InChI=1S/C46H63N3O7S.C16H22O4.C5H12O.C4H8.C3H4O/c1-4-27-49(34-57-45-12-8-7-11-42(45)47-2)48-43-30-41(25-26-44(43)55-33-36-15-13-35(31-50)14-16-36)54-32-37-17-19-38(20-18-37)46(51)56-40-23-21-39(22-24-40)53-29-10-6-5-9-28-52-3;1-3-16(17)20-13-7-5-4-6-12-19-15-10-8-14(18-2)9-11-15;1-3-5-6-4-2;1-2-4-3-1;1-2-3-4/h7-8,11-12,21-26,30-31,35-38,48H,2,4-6,9-10,13-20,27-29,32-34H2,1,3H3;3,8-11H,1,4-7,12-13H2,2H3;3-5H2,1-2H3;1-4H2;2-3H,1H2. The van der Waals surface area contributed by atoms with Crippen molar-refractivity contribution in [2.75, 3.05) is 84.9 Å². The normalized spacial score (nSPS) is 16.2. The second kappa shape index (κ2) is 51.9. The average Bonchev–Trinajstić information content (AvgIpc) is 2.60. The topological polar surface area (TPSA) is 179 Å². The Hall–Kier alpha value is -6.66. The van der Waals surface area contributed by atoms with Gasteiger partial charge in [-0.15, -0.1) is 11.8 Å². The average molecular weight is 1280 g/mol. The van der Waals surface area contributed by atoms with E-state index in [1.165, 1.54) is 37.8 Å². The van der Waals surface area contributed by atoms with Crippen LogP contribution in [-0.2, 0) is 33.4 Å². The molecule has 17 heteroatoms. The summed E-state index contributed by atoms with van der Waals surface area (Å²) < 4.78 is 50.2. The fourth-order valence-electron chi connectivity index (χ4n) is 9.63. The Kier molecular flexibility index (Phi) is 44.8. The highest BCUT2D eigenvalue weighted by molar-refractivity contribution is 7.99. The molecule has 0 saturated heterocycles. The lowest BCUT2D eigenvalue weighted by atomic mass is 9.82. The van der Waals surface area contributed by atoms with Gasteiger partial charge in [0.25, 0.3) is 0 Å². The second-order valence-corrected chi connectivity index (χ2v) is 23.6. The van der Waals surface area contributed by atoms with E-state index in [-0.39, 0.29) is 23.8 Å². The maximum Gasteiger partial charge on any atom is 0.330 e. The first-order valence-electron chi connectivity index (χ1n) is 33.2. The van der Waals surface area contributed by atoms with Gasteiger partial charge in [-0.2, -0.15) is 0 Å². The van der Waals surface area contributed by atoms with E-state index in [0.717, 1.165) is 193 Å². The molecule has 7 rings (SSSR count). The third-order valence-electron chi connectivity index (χ3n) is 15.3. The fourth-order valence-corrected chi connectivity index (χ4v) is 10.6. The number of rotatable bonds is 39. The lowest BCUT2D eigenvalue weighted by Gasteiger charge is -2.28. The number of anilines is 1. The van der Waals surface area contributed by atoms with Crippen molar-refractivity contribution in [3.63, 3.8) is 0 Å². The zero-order valence-corrected chi connectivity index (χ0v) is 56.5. The summed E-state index contributed by atoms with van der Waals surface area (Å²) in [4.78, 5) is 49.5. The summed E-state index contributed by atoms with van der Waals surface area (Å²) in [7, 11) is 3.37. The number of hydrazine groups is 1. The molecule has 0 amide bonds. The van der Waals surface area contributed by atoms with E-state index in [1.54, 1.807) is 26.0 Å². The van der Waals surface area contributed by atoms with Crippen LogP contribution in [0.15, 0.2) is 126 Å². The van der Waals surface area contributed by atoms with Crippen LogP contribution in [0.2, 0.25) is 0 Å². The number of esters is 2. The van der Waals surface area contributed by atoms with E-state index in [4.69, 9.17) is 47.4 Å². The number of unbranched alkanes of at least 4 members (excludes halogenated alkanes) is 6. The van der Waals surface area contributed by atoms with Gasteiger partial charge in [0.2, 0.25) is 0 Å². The minimum atomic E-state index is -0.354. The highest BCUT2D eigenvalue weighted by atomic mass is 32.2. The van der Waals surface area contributed by atoms with Crippen LogP contribution in [0.5, 0.6) is 34.5 Å². The highest BCUT2D eigenvalue weighted by Gasteiger charge is 2.29. The van der Waals surface area contributed by atoms with Crippen LogP contribution in [-0.4, -0.2) is 116 Å². The lowest BCUT2D eigenvalue weighted by molar-refractivity contribution is -0.140. The van der Waals surface area contributed by atoms with Gasteiger partial charge in [-0.1, -0.05) is 71.2 Å². The van der Waals surface area contributed by atoms with E-state index in [1.807, 2.05) is 91.9 Å². The molecule has 4 aromatic rings. The van der Waals surface area contributed by atoms with E-state index >= 15 is 0 Å². The number of nitrogens with one attached hydrogen (secondary N) is 1. The Morgan fingerprint density at radius 1 is 0.626 bits per heavy atom. The summed E-state index contributed by atoms with van der Waals surface area (Å²) in [6.07, 6.45) is 27.7. The van der Waals surface area contributed by atoms with Gasteiger partial charge in [-0.3, -0.25) is 14.6 Å². The first kappa shape index (κ1) is 78.6. The van der Waals surface area contributed by atoms with E-state index < -0.39 is 0 Å². The Bertz CT molecular complexity index is 2540. The van der Waals surface area contributed by atoms with Crippen molar-refractivity contribution in [2.24, 2.45) is 28.7 Å². The van der Waals surface area contributed by atoms with Crippen LogP contribution in [0, 0.1) is 23.7 Å². The molecule has 4 aromatic carbocycles. The van der Waals surface area contributed by atoms with Crippen LogP contribution in [0.3, 0.4) is 0 Å². The fraction of sp³-hybridized carbons (Fsp3) is 0.554. The number of methoxy groups -OCH3 is 2. The summed E-state index contributed by atoms with van der Waals surface area (Å²) >= 11 is 1.71. The van der Waals surface area contributed by atoms with Crippen molar-refractivity contribution in [3.8, 4) is 34.5 Å². The molecule has 504 valence electrons. The van der Waals surface area contributed by atoms with Gasteiger partial charge in [0.15, 0.2) is 0 Å². The summed E-state index contributed by atoms with van der Waals surface area (Å²) in [6.45, 7) is 22.9. The van der Waals surface area contributed by atoms with E-state index in [2.05, 4.69) is 55.2 Å². The molecule has 3 fully saturated rings. The van der Waals surface area contributed by atoms with Gasteiger partial charge < -0.3 is 52.9 Å². The lowest BCUT2D eigenvalue weighted by Crippen LogP contribution is -2.31. The number of benzene rings is 4. The SMILES string of the molecule is C1CCC1.C=CC(=O)OCCCCCCOc1ccc(OC)cc1.C=CC=O.C=Nc1ccccc1SCN(CCC)Nc1cc(OCC2CCC(C(=O)Oc3ccc(OCCCCCCOC)cc3)CC2)ccc1OCC1CCC(C=O)CC1.CCCOCC. The van der Waals surface area contributed by atoms with Crippen molar-refractivity contribution in [1.82, 2.24) is 5.01 Å². The third-order valence-corrected chi connectivity index (χ3v) is 16.4. The predicted octanol–water partition coefficient (Wildman–Crippen LogP) is 17.3. The van der Waals surface area contributed by atoms with Crippen LogP contribution in [0.1, 0.15) is 162 Å². The summed E-state index contributed by atoms with van der Waals surface area (Å²) in [5, 5.41) is 2.20. The number of allylic oxidation sites excluding steroid dienone is 1. The summed E-state index contributed by atoms with van der Waals surface area (Å²) in [5.41, 5.74) is 5.39. The molecule has 0 aliphatic heterocycles. The van der Waals surface area contributed by atoms with E-state index in [9.17, 15) is 14.4 Å². The Labute approximate surface area is 549 Å². The molecule has 0 atom stereocenters. The zero-order valence-electron chi connectivity index (χ0n) is 55.6. The van der Waals surface area contributed by atoms with Crippen LogP contribution in [0.4, 0.5) is 11.4 Å². The van der Waals surface area contributed by atoms with Gasteiger partial charge in [-0.05, 0) is 214 Å². The largest absolute Gasteiger partial charge is 0.497 e. The molecule has 0 aromatic heterocycles. The number of aldehydes is 2. The number of hydrogen-bond donors (Lipinski definition) is 1. The van der Waals surface area contributed by atoms with Crippen molar-refractivity contribution in [2.45, 2.75) is 167 Å². The summed E-state index contributed by atoms with van der Waals surface area (Å²) in [6, 6.07) is 29.0. The first-order valence-corrected chi connectivity index (χ1v) is 34.2. The number of hydrogen-bond acceptors (Lipinski definition) is 17. The highest BCUT2D eigenvalue weighted by Crippen LogP contribution is 2.36. The molecule has 91 heavy (non-hydrogen) atoms. The van der Waals surface area contributed by atoms with Crippen LogP contribution < -0.4 is 33.8 Å². The van der Waals surface area contributed by atoms with Crippen molar-refractivity contribution >= 4 is 54.4 Å². The molecular weight excluding hydrogens is 1170 g/mol. The maximum atomic E-state index is 13.1. The van der Waals surface area contributed by atoms with Gasteiger partial charge in [0.1, 0.15) is 47.1 Å². The van der Waals surface area contributed by atoms with Gasteiger partial charge in [-0.25, -0.2) is 9.80 Å². The molecule has 0 spiro atoms. The van der Waals surface area contributed by atoms with Crippen LogP contribution >= 0.6 is 11.8 Å². The molecule has 3 saturated carbocycles. The molecule has 0 heterocycles. The first-order chi connectivity index (χ1) is 44.6. The number of ether oxygens (including phenoxy) is 9. The molecule has 0 bridgehead atoms. The van der Waals surface area contributed by atoms with Crippen LogP contribution in [0.25, 0.3) is 0 Å². The minimum Gasteiger partial charge on any atom is -0.497 e. The smallest absolute Gasteiger partial charge is 0.330 e. The molecule has 16 nitrogen and oxygen atoms in total. The number of carbonyl (C=O) groups excluding carboxylic acids is 4. The molecule has 0 radical (unpaired) electrons. The number of nitrogens with zero attached hydrogens (tertiary/aromatic N) is 2. The van der Waals surface area contributed by atoms with Crippen molar-refractivity contribution < 1.29 is 61.8 Å².